The largest absolute Gasteiger partial charge is 0.303 e. The highest BCUT2D eigenvalue weighted by Gasteiger charge is 2.31. The van der Waals surface area contributed by atoms with E-state index in [-0.39, 0.29) is 5.92 Å². The fourth-order valence-electron chi connectivity index (χ4n) is 2.42. The summed E-state index contributed by atoms with van der Waals surface area (Å²) in [6.45, 7) is 0. The molecular weight excluding hydrogens is 203 g/mol. The van der Waals surface area contributed by atoms with Crippen LogP contribution in [0.3, 0.4) is 0 Å². The highest BCUT2D eigenvalue weighted by atomic mass is 19.3. The van der Waals surface area contributed by atoms with Gasteiger partial charge in [0.1, 0.15) is 0 Å². The Morgan fingerprint density at radius 2 is 1.60 bits per heavy atom. The summed E-state index contributed by atoms with van der Waals surface area (Å²) in [5.74, 6) is -1.21. The summed E-state index contributed by atoms with van der Waals surface area (Å²) >= 11 is 0. The van der Waals surface area contributed by atoms with Crippen LogP contribution >= 0.6 is 0 Å². The molecule has 0 saturated heterocycles. The predicted octanol–water partition coefficient (Wildman–Crippen LogP) is 3.57. The predicted molar refractivity (Wildman–Crippen MR) is 54.4 cm³/mol. The molecule has 88 valence electrons. The van der Waals surface area contributed by atoms with Crippen molar-refractivity contribution in [1.29, 1.82) is 0 Å². The molecule has 1 fully saturated rings. The Labute approximate surface area is 88.9 Å². The summed E-state index contributed by atoms with van der Waals surface area (Å²) < 4.78 is 37.9. The Hall–Kier alpha value is -0.510. The van der Waals surface area contributed by atoms with Crippen LogP contribution < -0.4 is 0 Å². The van der Waals surface area contributed by atoms with Crippen LogP contribution in [-0.2, 0) is 0 Å². The SMILES string of the molecule is CN(C)C(C(F)=C(F)F)C1CCCCC1. The van der Waals surface area contributed by atoms with Gasteiger partial charge in [0.05, 0.1) is 6.04 Å². The Bertz CT molecular complexity index is 228. The average Bonchev–Trinajstić information content (AvgIpc) is 2.18. The van der Waals surface area contributed by atoms with E-state index in [0.29, 0.717) is 0 Å². The van der Waals surface area contributed by atoms with E-state index in [9.17, 15) is 13.2 Å². The van der Waals surface area contributed by atoms with Gasteiger partial charge in [-0.1, -0.05) is 19.3 Å². The second-order valence-corrected chi connectivity index (χ2v) is 4.41. The average molecular weight is 221 g/mol. The lowest BCUT2D eigenvalue weighted by Gasteiger charge is -2.33. The smallest absolute Gasteiger partial charge is 0.300 e. The molecule has 0 aromatic heterocycles. The first-order valence-electron chi connectivity index (χ1n) is 5.41. The molecule has 1 aliphatic rings. The van der Waals surface area contributed by atoms with Crippen LogP contribution in [0.5, 0.6) is 0 Å². The van der Waals surface area contributed by atoms with Crippen LogP contribution in [0.2, 0.25) is 0 Å². The van der Waals surface area contributed by atoms with Crippen LogP contribution in [-0.4, -0.2) is 25.0 Å². The van der Waals surface area contributed by atoms with Crippen molar-refractivity contribution in [2.75, 3.05) is 14.1 Å². The van der Waals surface area contributed by atoms with E-state index in [1.54, 1.807) is 19.0 Å². The Kier molecular flexibility index (Phi) is 4.64. The fourth-order valence-corrected chi connectivity index (χ4v) is 2.42. The molecule has 15 heavy (non-hydrogen) atoms. The number of hydrogen-bond donors (Lipinski definition) is 0. The van der Waals surface area contributed by atoms with Crippen LogP contribution in [0.4, 0.5) is 13.2 Å². The van der Waals surface area contributed by atoms with Crippen LogP contribution in [0, 0.1) is 5.92 Å². The zero-order valence-electron chi connectivity index (χ0n) is 9.27. The zero-order chi connectivity index (χ0) is 11.4. The maximum atomic E-state index is 13.3. The van der Waals surface area contributed by atoms with Gasteiger partial charge in [0.2, 0.25) is 0 Å². The van der Waals surface area contributed by atoms with Gasteiger partial charge in [0, 0.05) is 0 Å². The Balaban J connectivity index is 2.77. The number of hydrogen-bond acceptors (Lipinski definition) is 1. The summed E-state index contributed by atoms with van der Waals surface area (Å²) in [5.41, 5.74) is 0. The molecule has 4 heteroatoms. The first-order valence-corrected chi connectivity index (χ1v) is 5.41. The maximum absolute atomic E-state index is 13.3. The highest BCUT2D eigenvalue weighted by Crippen LogP contribution is 2.33. The molecule has 0 bridgehead atoms. The van der Waals surface area contributed by atoms with Crippen LogP contribution in [0.15, 0.2) is 11.9 Å². The molecule has 0 aromatic rings. The molecular formula is C11H18F3N. The van der Waals surface area contributed by atoms with E-state index in [1.165, 1.54) is 0 Å². The van der Waals surface area contributed by atoms with Crippen molar-refractivity contribution < 1.29 is 13.2 Å². The summed E-state index contributed by atoms with van der Waals surface area (Å²) in [4.78, 5) is 1.56. The molecule has 1 atom stereocenters. The van der Waals surface area contributed by atoms with Crippen molar-refractivity contribution >= 4 is 0 Å². The van der Waals surface area contributed by atoms with E-state index in [2.05, 4.69) is 0 Å². The minimum absolute atomic E-state index is 0.0373. The lowest BCUT2D eigenvalue weighted by atomic mass is 9.83. The number of halogens is 3. The number of nitrogens with zero attached hydrogens (tertiary/aromatic N) is 1. The second kappa shape index (κ2) is 5.54. The lowest BCUT2D eigenvalue weighted by molar-refractivity contribution is 0.164. The molecule has 1 nitrogen and oxygen atoms in total. The van der Waals surface area contributed by atoms with Gasteiger partial charge in [0.25, 0.3) is 0 Å². The number of likely N-dealkylation sites (N-methyl/N-ethyl adjacent to an activating group) is 1. The summed E-state index contributed by atoms with van der Waals surface area (Å²) in [7, 11) is 3.31. The lowest BCUT2D eigenvalue weighted by Crippen LogP contribution is -2.37. The monoisotopic (exact) mass is 221 g/mol. The quantitative estimate of drug-likeness (QED) is 0.704. The van der Waals surface area contributed by atoms with Crippen molar-refractivity contribution in [3.05, 3.63) is 11.9 Å². The summed E-state index contributed by atoms with van der Waals surface area (Å²) in [6, 6.07) is -0.740. The maximum Gasteiger partial charge on any atom is 0.303 e. The molecule has 0 amide bonds. The van der Waals surface area contributed by atoms with Crippen molar-refractivity contribution in [3.8, 4) is 0 Å². The third-order valence-corrected chi connectivity index (χ3v) is 3.09. The van der Waals surface area contributed by atoms with E-state index < -0.39 is 17.9 Å². The van der Waals surface area contributed by atoms with E-state index in [1.807, 2.05) is 0 Å². The first kappa shape index (κ1) is 12.6. The standard InChI is InChI=1S/C11H18F3N/c1-15(2)10(9(12)11(13)14)8-6-4-3-5-7-8/h8,10H,3-7H2,1-2H3. The molecule has 1 saturated carbocycles. The highest BCUT2D eigenvalue weighted by molar-refractivity contribution is 5.05. The molecule has 0 aromatic carbocycles. The van der Waals surface area contributed by atoms with Crippen molar-refractivity contribution in [3.63, 3.8) is 0 Å². The van der Waals surface area contributed by atoms with Gasteiger partial charge in [-0.2, -0.15) is 8.78 Å². The van der Waals surface area contributed by atoms with E-state index >= 15 is 0 Å². The molecule has 0 spiro atoms. The summed E-state index contributed by atoms with van der Waals surface area (Å²) in [5, 5.41) is 0. The van der Waals surface area contributed by atoms with Crippen molar-refractivity contribution in [2.24, 2.45) is 5.92 Å². The minimum Gasteiger partial charge on any atom is -0.300 e. The molecule has 0 N–H and O–H groups in total. The normalized spacial score (nSPS) is 20.4. The third kappa shape index (κ3) is 3.23. The second-order valence-electron chi connectivity index (χ2n) is 4.41. The van der Waals surface area contributed by atoms with Gasteiger partial charge < -0.3 is 0 Å². The Morgan fingerprint density at radius 1 is 1.07 bits per heavy atom. The van der Waals surface area contributed by atoms with E-state index in [4.69, 9.17) is 0 Å². The molecule has 1 rings (SSSR count). The summed E-state index contributed by atoms with van der Waals surface area (Å²) in [6.07, 6.45) is 2.72. The fraction of sp³-hybridized carbons (Fsp3) is 0.818. The van der Waals surface area contributed by atoms with Crippen LogP contribution in [0.1, 0.15) is 32.1 Å². The molecule has 0 radical (unpaired) electrons. The van der Waals surface area contributed by atoms with Crippen LogP contribution in [0.25, 0.3) is 0 Å². The van der Waals surface area contributed by atoms with Gasteiger partial charge >= 0.3 is 6.08 Å². The first-order chi connectivity index (χ1) is 7.04. The van der Waals surface area contributed by atoms with Gasteiger partial charge in [-0.15, -0.1) is 0 Å². The van der Waals surface area contributed by atoms with Gasteiger partial charge in [0.15, 0.2) is 5.83 Å². The minimum atomic E-state index is -2.17. The topological polar surface area (TPSA) is 3.24 Å². The van der Waals surface area contributed by atoms with Gasteiger partial charge in [-0.05, 0) is 32.9 Å². The third-order valence-electron chi connectivity index (χ3n) is 3.09. The van der Waals surface area contributed by atoms with Gasteiger partial charge in [-0.3, -0.25) is 4.90 Å². The Morgan fingerprint density at radius 3 is 2.00 bits per heavy atom. The van der Waals surface area contributed by atoms with E-state index in [0.717, 1.165) is 32.1 Å². The zero-order valence-corrected chi connectivity index (χ0v) is 9.27. The van der Waals surface area contributed by atoms with Crippen molar-refractivity contribution in [1.82, 2.24) is 4.90 Å². The van der Waals surface area contributed by atoms with Crippen molar-refractivity contribution in [2.45, 2.75) is 38.1 Å². The molecule has 1 aliphatic carbocycles. The molecule has 0 heterocycles. The molecule has 1 unspecified atom stereocenters. The molecule has 0 aliphatic heterocycles. The van der Waals surface area contributed by atoms with Gasteiger partial charge in [-0.25, -0.2) is 4.39 Å². The number of rotatable bonds is 3.